The summed E-state index contributed by atoms with van der Waals surface area (Å²) in [7, 11) is 1.64. The van der Waals surface area contributed by atoms with Crippen molar-refractivity contribution >= 4 is 17.6 Å². The van der Waals surface area contributed by atoms with Crippen molar-refractivity contribution in [1.82, 2.24) is 15.2 Å². The molecule has 8 nitrogen and oxygen atoms in total. The van der Waals surface area contributed by atoms with Crippen LogP contribution in [0.15, 0.2) is 41.1 Å². The molecule has 2 amide bonds. The van der Waals surface area contributed by atoms with Crippen LogP contribution in [0.5, 0.6) is 0 Å². The Morgan fingerprint density at radius 3 is 2.78 bits per heavy atom. The number of aromatic nitrogens is 1. The minimum absolute atomic E-state index is 0.100. The van der Waals surface area contributed by atoms with Crippen LogP contribution in [0.1, 0.15) is 27.3 Å². The molecule has 1 aliphatic heterocycles. The van der Waals surface area contributed by atoms with Gasteiger partial charge in [-0.05, 0) is 30.7 Å². The van der Waals surface area contributed by atoms with Crippen molar-refractivity contribution in [2.24, 2.45) is 0 Å². The quantitative estimate of drug-likeness (QED) is 0.740. The Bertz CT molecular complexity index is 755. The molecule has 2 aromatic heterocycles. The predicted molar refractivity (Wildman–Crippen MR) is 99.9 cm³/mol. The Kier molecular flexibility index (Phi) is 6.43. The summed E-state index contributed by atoms with van der Waals surface area (Å²) in [6.07, 6.45) is 3.91. The average Bonchev–Trinajstić information content (AvgIpc) is 3.25. The van der Waals surface area contributed by atoms with E-state index in [1.54, 1.807) is 42.5 Å². The lowest BCUT2D eigenvalue weighted by atomic mass is 10.2. The van der Waals surface area contributed by atoms with E-state index in [1.165, 1.54) is 6.26 Å². The van der Waals surface area contributed by atoms with Gasteiger partial charge in [-0.2, -0.15) is 0 Å². The summed E-state index contributed by atoms with van der Waals surface area (Å²) >= 11 is 0. The lowest BCUT2D eigenvalue weighted by Crippen LogP contribution is -2.49. The second-order valence-electron chi connectivity index (χ2n) is 6.26. The average molecular weight is 372 g/mol. The molecule has 0 aromatic carbocycles. The Hall–Kier alpha value is -2.87. The van der Waals surface area contributed by atoms with Crippen LogP contribution < -0.4 is 10.2 Å². The summed E-state index contributed by atoms with van der Waals surface area (Å²) in [4.78, 5) is 32.8. The second-order valence-corrected chi connectivity index (χ2v) is 6.26. The van der Waals surface area contributed by atoms with Gasteiger partial charge in [0, 0.05) is 58.2 Å². The minimum Gasteiger partial charge on any atom is -0.459 e. The van der Waals surface area contributed by atoms with E-state index >= 15 is 0 Å². The SMILES string of the molecule is COCCCNC(=O)c1ccnc(N2CCN(C(=O)c3ccco3)CC2)c1. The number of carbonyl (C=O) groups is 2. The monoisotopic (exact) mass is 372 g/mol. The van der Waals surface area contributed by atoms with Crippen molar-refractivity contribution in [1.29, 1.82) is 0 Å². The van der Waals surface area contributed by atoms with Gasteiger partial charge in [-0.3, -0.25) is 9.59 Å². The van der Waals surface area contributed by atoms with Crippen LogP contribution in [-0.2, 0) is 4.74 Å². The zero-order chi connectivity index (χ0) is 19.1. The highest BCUT2D eigenvalue weighted by molar-refractivity contribution is 5.94. The molecule has 0 radical (unpaired) electrons. The lowest BCUT2D eigenvalue weighted by Gasteiger charge is -2.35. The molecule has 8 heteroatoms. The molecule has 3 heterocycles. The van der Waals surface area contributed by atoms with Gasteiger partial charge >= 0.3 is 0 Å². The molecule has 1 fully saturated rings. The number of methoxy groups -OCH3 is 1. The zero-order valence-electron chi connectivity index (χ0n) is 15.4. The zero-order valence-corrected chi connectivity index (χ0v) is 15.4. The van der Waals surface area contributed by atoms with E-state index < -0.39 is 0 Å². The van der Waals surface area contributed by atoms with Gasteiger partial charge in [0.05, 0.1) is 6.26 Å². The van der Waals surface area contributed by atoms with Crippen LogP contribution in [0.25, 0.3) is 0 Å². The highest BCUT2D eigenvalue weighted by Gasteiger charge is 2.24. The molecule has 1 aliphatic rings. The Labute approximate surface area is 158 Å². The maximum absolute atomic E-state index is 12.3. The normalized spacial score (nSPS) is 14.3. The molecule has 27 heavy (non-hydrogen) atoms. The number of hydrogen-bond acceptors (Lipinski definition) is 6. The summed E-state index contributed by atoms with van der Waals surface area (Å²) < 4.78 is 10.2. The fourth-order valence-corrected chi connectivity index (χ4v) is 2.95. The van der Waals surface area contributed by atoms with E-state index in [2.05, 4.69) is 15.2 Å². The van der Waals surface area contributed by atoms with E-state index in [0.717, 1.165) is 12.2 Å². The van der Waals surface area contributed by atoms with Crippen molar-refractivity contribution in [3.05, 3.63) is 48.0 Å². The van der Waals surface area contributed by atoms with E-state index in [-0.39, 0.29) is 11.8 Å². The molecule has 144 valence electrons. The van der Waals surface area contributed by atoms with Crippen LogP contribution in [0.4, 0.5) is 5.82 Å². The number of hydrogen-bond donors (Lipinski definition) is 1. The molecule has 0 spiro atoms. The fraction of sp³-hybridized carbons (Fsp3) is 0.421. The summed E-state index contributed by atoms with van der Waals surface area (Å²) in [5.74, 6) is 0.872. The van der Waals surface area contributed by atoms with Crippen LogP contribution >= 0.6 is 0 Å². The van der Waals surface area contributed by atoms with Crippen LogP contribution in [0, 0.1) is 0 Å². The molecular weight excluding hydrogens is 348 g/mol. The number of pyridine rings is 1. The largest absolute Gasteiger partial charge is 0.459 e. The molecule has 0 bridgehead atoms. The van der Waals surface area contributed by atoms with E-state index in [9.17, 15) is 9.59 Å². The molecule has 1 saturated heterocycles. The maximum atomic E-state index is 12.3. The van der Waals surface area contributed by atoms with E-state index in [4.69, 9.17) is 9.15 Å². The van der Waals surface area contributed by atoms with Gasteiger partial charge in [-0.25, -0.2) is 4.98 Å². The number of ether oxygens (including phenoxy) is 1. The number of anilines is 1. The van der Waals surface area contributed by atoms with Crippen molar-refractivity contribution < 1.29 is 18.7 Å². The number of furan rings is 1. The van der Waals surface area contributed by atoms with E-state index in [1.807, 2.05) is 0 Å². The Morgan fingerprint density at radius 1 is 1.26 bits per heavy atom. The molecule has 0 unspecified atom stereocenters. The third kappa shape index (κ3) is 4.85. The van der Waals surface area contributed by atoms with Crippen LogP contribution in [0.2, 0.25) is 0 Å². The first kappa shape index (κ1) is 18.9. The fourth-order valence-electron chi connectivity index (χ4n) is 2.95. The summed E-state index contributed by atoms with van der Waals surface area (Å²) in [6.45, 7) is 3.64. The summed E-state index contributed by atoms with van der Waals surface area (Å²) in [6, 6.07) is 6.87. The summed E-state index contributed by atoms with van der Waals surface area (Å²) in [5.41, 5.74) is 0.575. The molecule has 1 N–H and O–H groups in total. The number of nitrogens with zero attached hydrogens (tertiary/aromatic N) is 3. The smallest absolute Gasteiger partial charge is 0.289 e. The van der Waals surface area contributed by atoms with Crippen LogP contribution in [0.3, 0.4) is 0 Å². The van der Waals surface area contributed by atoms with Crippen molar-refractivity contribution in [3.8, 4) is 0 Å². The summed E-state index contributed by atoms with van der Waals surface area (Å²) in [5, 5.41) is 2.87. The number of rotatable bonds is 7. The topological polar surface area (TPSA) is 87.9 Å². The van der Waals surface area contributed by atoms with Gasteiger partial charge in [-0.1, -0.05) is 0 Å². The van der Waals surface area contributed by atoms with Gasteiger partial charge in [0.15, 0.2) is 5.76 Å². The third-order valence-corrected chi connectivity index (χ3v) is 4.44. The van der Waals surface area contributed by atoms with Gasteiger partial charge in [-0.15, -0.1) is 0 Å². The first-order valence-corrected chi connectivity index (χ1v) is 9.00. The number of piperazine rings is 1. The first-order chi connectivity index (χ1) is 13.2. The first-order valence-electron chi connectivity index (χ1n) is 9.00. The number of carbonyl (C=O) groups excluding carboxylic acids is 2. The molecule has 0 atom stereocenters. The van der Waals surface area contributed by atoms with Gasteiger partial charge in [0.2, 0.25) is 0 Å². The van der Waals surface area contributed by atoms with Crippen molar-refractivity contribution in [2.75, 3.05) is 51.3 Å². The highest BCUT2D eigenvalue weighted by atomic mass is 16.5. The third-order valence-electron chi connectivity index (χ3n) is 4.44. The molecule has 3 rings (SSSR count). The lowest BCUT2D eigenvalue weighted by molar-refractivity contribution is 0.0714. The predicted octanol–water partition coefficient (Wildman–Crippen LogP) is 1.40. The van der Waals surface area contributed by atoms with E-state index in [0.29, 0.717) is 50.7 Å². The number of nitrogens with one attached hydrogen (secondary N) is 1. The van der Waals surface area contributed by atoms with Gasteiger partial charge in [0.25, 0.3) is 11.8 Å². The minimum atomic E-state index is -0.124. The Morgan fingerprint density at radius 2 is 2.07 bits per heavy atom. The second kappa shape index (κ2) is 9.18. The molecule has 2 aromatic rings. The Balaban J connectivity index is 1.55. The maximum Gasteiger partial charge on any atom is 0.289 e. The number of amides is 2. The van der Waals surface area contributed by atoms with Crippen molar-refractivity contribution in [2.45, 2.75) is 6.42 Å². The molecule has 0 aliphatic carbocycles. The van der Waals surface area contributed by atoms with Gasteiger partial charge < -0.3 is 24.3 Å². The standard InChI is InChI=1S/C19H24N4O4/c1-26-12-3-6-21-18(24)15-5-7-20-17(14-15)22-8-10-23(11-9-22)19(25)16-4-2-13-27-16/h2,4-5,7,13-14H,3,6,8-12H2,1H3,(H,21,24). The molecule has 0 saturated carbocycles. The van der Waals surface area contributed by atoms with Crippen LogP contribution in [-0.4, -0.2) is 68.1 Å². The van der Waals surface area contributed by atoms with Gasteiger partial charge in [0.1, 0.15) is 5.82 Å². The molecular formula is C19H24N4O4. The highest BCUT2D eigenvalue weighted by Crippen LogP contribution is 2.16. The van der Waals surface area contributed by atoms with Crippen molar-refractivity contribution in [3.63, 3.8) is 0 Å².